The molecule has 1 aliphatic rings. The van der Waals surface area contributed by atoms with Crippen molar-refractivity contribution in [3.8, 4) is 0 Å². The third kappa shape index (κ3) is 2.90. The number of benzene rings is 1. The lowest BCUT2D eigenvalue weighted by molar-refractivity contribution is 0.363. The van der Waals surface area contributed by atoms with Gasteiger partial charge < -0.3 is 4.43 Å². The van der Waals surface area contributed by atoms with Crippen LogP contribution in [0.15, 0.2) is 42.1 Å². The van der Waals surface area contributed by atoms with E-state index in [-0.39, 0.29) is 0 Å². The number of hydrogen-bond donors (Lipinski definition) is 0. The molecule has 0 spiro atoms. The van der Waals surface area contributed by atoms with Crippen LogP contribution in [-0.4, -0.2) is 23.0 Å². The van der Waals surface area contributed by atoms with Crippen LogP contribution in [0.25, 0.3) is 5.20 Å². The molecule has 1 aliphatic carbocycles. The monoisotopic (exact) mass is 302 g/mol. The third-order valence-electron chi connectivity index (χ3n) is 4.03. The topological polar surface area (TPSA) is 9.23 Å². The average Bonchev–Trinajstić information content (AvgIpc) is 2.76. The predicted molar refractivity (Wildman–Crippen MR) is 94.0 cm³/mol. The minimum atomic E-state index is -1.87. The quantitative estimate of drug-likeness (QED) is 0.559. The van der Waals surface area contributed by atoms with Crippen LogP contribution in [0, 0.1) is 0 Å². The van der Waals surface area contributed by atoms with E-state index in [2.05, 4.69) is 63.6 Å². The standard InChI is InChI=1S/C17H26OSi2/c1-7-12-18-20(5,6)17-15-11-9-8-10-14(15)13-16(17)19(2,3)4/h7-11H,1,12-13H2,2-6H3. The molecule has 0 saturated heterocycles. The molecule has 0 atom stereocenters. The van der Waals surface area contributed by atoms with Gasteiger partial charge in [0, 0.05) is 0 Å². The Kier molecular flexibility index (Phi) is 4.23. The summed E-state index contributed by atoms with van der Waals surface area (Å²) < 4.78 is 6.23. The first-order valence-electron chi connectivity index (χ1n) is 7.34. The van der Waals surface area contributed by atoms with Crippen molar-refractivity contribution in [3.63, 3.8) is 0 Å². The summed E-state index contributed by atoms with van der Waals surface area (Å²) in [6.07, 6.45) is 3.00. The van der Waals surface area contributed by atoms with Crippen molar-refractivity contribution in [2.45, 2.75) is 39.2 Å². The van der Waals surface area contributed by atoms with Crippen LogP contribution < -0.4 is 0 Å². The number of rotatable bonds is 5. The summed E-state index contributed by atoms with van der Waals surface area (Å²) in [6, 6.07) is 8.87. The second kappa shape index (κ2) is 5.47. The van der Waals surface area contributed by atoms with E-state index in [0.717, 1.165) is 6.42 Å². The molecule has 0 heterocycles. The Hall–Kier alpha value is -0.906. The highest BCUT2D eigenvalue weighted by atomic mass is 28.4. The Labute approximate surface area is 125 Å². The smallest absolute Gasteiger partial charge is 0.218 e. The largest absolute Gasteiger partial charge is 0.409 e. The first kappa shape index (κ1) is 15.5. The van der Waals surface area contributed by atoms with Crippen molar-refractivity contribution < 1.29 is 4.43 Å². The van der Waals surface area contributed by atoms with Crippen LogP contribution in [0.5, 0.6) is 0 Å². The van der Waals surface area contributed by atoms with Gasteiger partial charge in [-0.2, -0.15) is 0 Å². The second-order valence-corrected chi connectivity index (χ2v) is 16.0. The minimum absolute atomic E-state index is 0.657. The molecular formula is C17H26OSi2. The van der Waals surface area contributed by atoms with Gasteiger partial charge in [-0.15, -0.1) is 6.58 Å². The van der Waals surface area contributed by atoms with E-state index < -0.39 is 16.4 Å². The third-order valence-corrected chi connectivity index (χ3v) is 9.18. The van der Waals surface area contributed by atoms with Crippen LogP contribution >= 0.6 is 0 Å². The lowest BCUT2D eigenvalue weighted by Gasteiger charge is -2.30. The maximum atomic E-state index is 6.23. The Bertz CT molecular complexity index is 550. The molecule has 3 heteroatoms. The Morgan fingerprint density at radius 3 is 2.40 bits per heavy atom. The molecule has 1 aromatic rings. The van der Waals surface area contributed by atoms with E-state index in [9.17, 15) is 0 Å². The fourth-order valence-corrected chi connectivity index (χ4v) is 9.05. The molecule has 0 amide bonds. The highest BCUT2D eigenvalue weighted by molar-refractivity contribution is 6.95. The van der Waals surface area contributed by atoms with Gasteiger partial charge in [-0.25, -0.2) is 0 Å². The maximum Gasteiger partial charge on any atom is 0.218 e. The summed E-state index contributed by atoms with van der Waals surface area (Å²) in [7, 11) is -3.20. The van der Waals surface area contributed by atoms with Gasteiger partial charge in [0.2, 0.25) is 8.32 Å². The number of hydrogen-bond acceptors (Lipinski definition) is 1. The average molecular weight is 303 g/mol. The first-order valence-corrected chi connectivity index (χ1v) is 13.8. The molecule has 0 radical (unpaired) electrons. The van der Waals surface area contributed by atoms with Crippen LogP contribution in [0.3, 0.4) is 0 Å². The minimum Gasteiger partial charge on any atom is -0.409 e. The normalized spacial score (nSPS) is 15.4. The molecule has 1 aromatic carbocycles. The summed E-state index contributed by atoms with van der Waals surface area (Å²) in [4.78, 5) is 0. The Balaban J connectivity index is 2.55. The molecule has 0 aliphatic heterocycles. The summed E-state index contributed by atoms with van der Waals surface area (Å²) in [5.74, 6) is 0. The zero-order valence-electron chi connectivity index (χ0n) is 13.4. The second-order valence-electron chi connectivity index (χ2n) is 7.05. The highest BCUT2D eigenvalue weighted by Crippen LogP contribution is 2.42. The van der Waals surface area contributed by atoms with E-state index in [1.807, 2.05) is 6.08 Å². The van der Waals surface area contributed by atoms with Crippen molar-refractivity contribution in [3.05, 3.63) is 53.2 Å². The Morgan fingerprint density at radius 1 is 1.15 bits per heavy atom. The summed E-state index contributed by atoms with van der Waals surface area (Å²) in [6.45, 7) is 16.5. The predicted octanol–water partition coefficient (Wildman–Crippen LogP) is 4.82. The zero-order valence-corrected chi connectivity index (χ0v) is 15.4. The van der Waals surface area contributed by atoms with E-state index in [1.165, 1.54) is 11.1 Å². The van der Waals surface area contributed by atoms with Crippen molar-refractivity contribution in [2.75, 3.05) is 6.61 Å². The van der Waals surface area contributed by atoms with Crippen molar-refractivity contribution >= 4 is 21.6 Å². The van der Waals surface area contributed by atoms with Gasteiger partial charge in [0.15, 0.2) is 0 Å². The fourth-order valence-electron chi connectivity index (χ4n) is 3.03. The van der Waals surface area contributed by atoms with Crippen molar-refractivity contribution in [2.24, 2.45) is 0 Å². The van der Waals surface area contributed by atoms with Gasteiger partial charge in [0.1, 0.15) is 0 Å². The molecule has 0 fully saturated rings. The molecule has 1 nitrogen and oxygen atoms in total. The van der Waals surface area contributed by atoms with E-state index in [4.69, 9.17) is 4.43 Å². The summed E-state index contributed by atoms with van der Waals surface area (Å²) >= 11 is 0. The van der Waals surface area contributed by atoms with Gasteiger partial charge in [-0.3, -0.25) is 0 Å². The molecule has 0 saturated carbocycles. The lowest BCUT2D eigenvalue weighted by atomic mass is 10.1. The molecule has 108 valence electrons. The van der Waals surface area contributed by atoms with Crippen LogP contribution in [0.1, 0.15) is 11.1 Å². The molecule has 0 N–H and O–H groups in total. The summed E-state index contributed by atoms with van der Waals surface area (Å²) in [5.41, 5.74) is 2.94. The van der Waals surface area contributed by atoms with Gasteiger partial charge in [0.25, 0.3) is 0 Å². The van der Waals surface area contributed by atoms with E-state index >= 15 is 0 Å². The van der Waals surface area contributed by atoms with E-state index in [1.54, 1.807) is 10.4 Å². The van der Waals surface area contributed by atoms with E-state index in [0.29, 0.717) is 6.61 Å². The molecule has 20 heavy (non-hydrogen) atoms. The lowest BCUT2D eigenvalue weighted by Crippen LogP contribution is -2.36. The first-order chi connectivity index (χ1) is 9.27. The zero-order chi connectivity index (χ0) is 15.0. The Morgan fingerprint density at radius 2 is 1.80 bits per heavy atom. The molecular weight excluding hydrogens is 276 g/mol. The fraction of sp³-hybridized carbons (Fsp3) is 0.412. The van der Waals surface area contributed by atoms with Crippen LogP contribution in [0.2, 0.25) is 32.7 Å². The van der Waals surface area contributed by atoms with Crippen molar-refractivity contribution in [1.82, 2.24) is 0 Å². The molecule has 0 bridgehead atoms. The van der Waals surface area contributed by atoms with Gasteiger partial charge >= 0.3 is 0 Å². The van der Waals surface area contributed by atoms with Gasteiger partial charge in [-0.1, -0.05) is 55.2 Å². The molecule has 0 unspecified atom stereocenters. The van der Waals surface area contributed by atoms with Crippen LogP contribution in [-0.2, 0) is 10.8 Å². The van der Waals surface area contributed by atoms with Crippen LogP contribution in [0.4, 0.5) is 0 Å². The van der Waals surface area contributed by atoms with Gasteiger partial charge in [-0.05, 0) is 35.8 Å². The molecule has 0 aromatic heterocycles. The number of allylic oxidation sites excluding steroid dienone is 1. The SMILES string of the molecule is C=CCO[Si](C)(C)C1=C([Si](C)(C)C)Cc2ccccc21. The maximum absolute atomic E-state index is 6.23. The van der Waals surface area contributed by atoms with Crippen molar-refractivity contribution in [1.29, 1.82) is 0 Å². The molecule has 2 rings (SSSR count). The summed E-state index contributed by atoms with van der Waals surface area (Å²) in [5, 5.41) is 3.26. The number of fused-ring (bicyclic) bond motifs is 1. The highest BCUT2D eigenvalue weighted by Gasteiger charge is 2.39. The van der Waals surface area contributed by atoms with Gasteiger partial charge in [0.05, 0.1) is 14.7 Å².